The second-order valence-electron chi connectivity index (χ2n) is 6.92. The van der Waals surface area contributed by atoms with Gasteiger partial charge in [-0.3, -0.25) is 4.90 Å². The first-order valence-electron chi connectivity index (χ1n) is 9.18. The Kier molecular flexibility index (Phi) is 7.98. The number of hydrogen-bond donors (Lipinski definition) is 1. The Balaban J connectivity index is 1.52. The van der Waals surface area contributed by atoms with Crippen molar-refractivity contribution >= 4 is 6.03 Å². The van der Waals surface area contributed by atoms with Crippen LogP contribution in [0.15, 0.2) is 24.3 Å². The molecule has 0 atom stereocenters. The predicted octanol–water partition coefficient (Wildman–Crippen LogP) is 2.97. The lowest BCUT2D eigenvalue weighted by molar-refractivity contribution is 0.131. The molecular weight excluding hydrogens is 321 g/mol. The van der Waals surface area contributed by atoms with Crippen LogP contribution >= 0.6 is 0 Å². The highest BCUT2D eigenvalue weighted by molar-refractivity contribution is 5.74. The van der Waals surface area contributed by atoms with Crippen LogP contribution in [0.4, 0.5) is 9.18 Å². The molecule has 140 valence electrons. The van der Waals surface area contributed by atoms with Gasteiger partial charge in [0.1, 0.15) is 11.6 Å². The molecule has 1 aromatic carbocycles. The Labute approximate surface area is 150 Å². The maximum absolute atomic E-state index is 12.8. The van der Waals surface area contributed by atoms with Gasteiger partial charge in [0, 0.05) is 39.3 Å². The molecule has 2 rings (SSSR count). The standard InChI is InChI=1S/C19H30FN3O2/c1-16(2)15-22-10-12-23(13-11-22)19(24)21-9-3-4-14-25-18-7-5-17(20)6-8-18/h5-8,16H,3-4,9-15H2,1-2H3,(H,21,24). The van der Waals surface area contributed by atoms with E-state index in [1.165, 1.54) is 12.1 Å². The number of benzene rings is 1. The van der Waals surface area contributed by atoms with Crippen LogP contribution in [-0.4, -0.2) is 61.7 Å². The van der Waals surface area contributed by atoms with Gasteiger partial charge in [-0.2, -0.15) is 0 Å². The normalized spacial score (nSPS) is 15.4. The zero-order valence-corrected chi connectivity index (χ0v) is 15.3. The van der Waals surface area contributed by atoms with Gasteiger partial charge >= 0.3 is 6.03 Å². The summed E-state index contributed by atoms with van der Waals surface area (Å²) in [6.07, 6.45) is 1.71. The van der Waals surface area contributed by atoms with Crippen LogP contribution in [0.25, 0.3) is 0 Å². The number of urea groups is 1. The summed E-state index contributed by atoms with van der Waals surface area (Å²) in [5, 5.41) is 2.98. The highest BCUT2D eigenvalue weighted by Gasteiger charge is 2.20. The van der Waals surface area contributed by atoms with E-state index in [-0.39, 0.29) is 11.8 Å². The monoisotopic (exact) mass is 351 g/mol. The smallest absolute Gasteiger partial charge is 0.317 e. The highest BCUT2D eigenvalue weighted by atomic mass is 19.1. The lowest BCUT2D eigenvalue weighted by Gasteiger charge is -2.35. The number of piperazine rings is 1. The van der Waals surface area contributed by atoms with Gasteiger partial charge in [-0.05, 0) is 43.0 Å². The first-order chi connectivity index (χ1) is 12.0. The first-order valence-corrected chi connectivity index (χ1v) is 9.18. The Morgan fingerprint density at radius 1 is 1.16 bits per heavy atom. The number of hydrogen-bond acceptors (Lipinski definition) is 3. The molecule has 25 heavy (non-hydrogen) atoms. The van der Waals surface area contributed by atoms with Crippen LogP contribution in [0.2, 0.25) is 0 Å². The summed E-state index contributed by atoms with van der Waals surface area (Å²) in [5.74, 6) is 1.07. The van der Waals surface area contributed by atoms with Crippen LogP contribution in [0.3, 0.4) is 0 Å². The minimum atomic E-state index is -0.264. The van der Waals surface area contributed by atoms with Gasteiger partial charge < -0.3 is 15.0 Å². The number of rotatable bonds is 8. The second kappa shape index (κ2) is 10.2. The van der Waals surface area contributed by atoms with Crippen molar-refractivity contribution in [2.45, 2.75) is 26.7 Å². The van der Waals surface area contributed by atoms with Crippen molar-refractivity contribution in [2.24, 2.45) is 5.92 Å². The van der Waals surface area contributed by atoms with Crippen molar-refractivity contribution in [1.29, 1.82) is 0 Å². The van der Waals surface area contributed by atoms with Gasteiger partial charge in [-0.25, -0.2) is 9.18 Å². The van der Waals surface area contributed by atoms with E-state index in [9.17, 15) is 9.18 Å². The largest absolute Gasteiger partial charge is 0.494 e. The van der Waals surface area contributed by atoms with Crippen molar-refractivity contribution in [1.82, 2.24) is 15.1 Å². The summed E-state index contributed by atoms with van der Waals surface area (Å²) in [5.41, 5.74) is 0. The third-order valence-corrected chi connectivity index (χ3v) is 4.21. The van der Waals surface area contributed by atoms with E-state index in [1.54, 1.807) is 12.1 Å². The fourth-order valence-corrected chi connectivity index (χ4v) is 2.90. The summed E-state index contributed by atoms with van der Waals surface area (Å²) < 4.78 is 18.3. The van der Waals surface area contributed by atoms with Crippen molar-refractivity contribution in [3.8, 4) is 5.75 Å². The molecule has 1 aliphatic rings. The van der Waals surface area contributed by atoms with Gasteiger partial charge in [0.15, 0.2) is 0 Å². The molecule has 0 unspecified atom stereocenters. The van der Waals surface area contributed by atoms with Crippen molar-refractivity contribution in [2.75, 3.05) is 45.9 Å². The molecule has 1 heterocycles. The molecule has 1 saturated heterocycles. The molecule has 6 heteroatoms. The Morgan fingerprint density at radius 2 is 1.84 bits per heavy atom. The summed E-state index contributed by atoms with van der Waals surface area (Å²) in [6, 6.07) is 6.04. The maximum atomic E-state index is 12.8. The van der Waals surface area contributed by atoms with Crippen molar-refractivity contribution in [3.05, 3.63) is 30.1 Å². The minimum absolute atomic E-state index is 0.0312. The molecule has 1 fully saturated rings. The van der Waals surface area contributed by atoms with Gasteiger partial charge in [0.25, 0.3) is 0 Å². The fraction of sp³-hybridized carbons (Fsp3) is 0.632. The molecule has 0 aliphatic carbocycles. The second-order valence-corrected chi connectivity index (χ2v) is 6.92. The molecule has 0 bridgehead atoms. The highest BCUT2D eigenvalue weighted by Crippen LogP contribution is 2.11. The lowest BCUT2D eigenvalue weighted by atomic mass is 10.2. The number of nitrogens with zero attached hydrogens (tertiary/aromatic N) is 2. The van der Waals surface area contributed by atoms with Gasteiger partial charge in [0.05, 0.1) is 6.61 Å². The van der Waals surface area contributed by atoms with Crippen LogP contribution in [-0.2, 0) is 0 Å². The number of amides is 2. The number of nitrogens with one attached hydrogen (secondary N) is 1. The molecule has 0 saturated carbocycles. The zero-order chi connectivity index (χ0) is 18.1. The topological polar surface area (TPSA) is 44.8 Å². The quantitative estimate of drug-likeness (QED) is 0.733. The van der Waals surface area contributed by atoms with E-state index in [1.807, 2.05) is 4.90 Å². The van der Waals surface area contributed by atoms with Crippen molar-refractivity contribution in [3.63, 3.8) is 0 Å². The molecule has 1 aliphatic heterocycles. The molecule has 1 N–H and O–H groups in total. The Hall–Kier alpha value is -1.82. The van der Waals surface area contributed by atoms with Gasteiger partial charge in [-0.1, -0.05) is 13.8 Å². The summed E-state index contributed by atoms with van der Waals surface area (Å²) in [7, 11) is 0. The van der Waals surface area contributed by atoms with E-state index in [0.29, 0.717) is 24.8 Å². The predicted molar refractivity (Wildman–Crippen MR) is 97.4 cm³/mol. The number of carbonyl (C=O) groups excluding carboxylic acids is 1. The molecular formula is C19H30FN3O2. The number of carbonyl (C=O) groups is 1. The van der Waals surface area contributed by atoms with Gasteiger partial charge in [-0.15, -0.1) is 0 Å². The SMILES string of the molecule is CC(C)CN1CCN(C(=O)NCCCCOc2ccc(F)cc2)CC1. The molecule has 1 aromatic rings. The molecule has 0 spiro atoms. The van der Waals surface area contributed by atoms with E-state index in [2.05, 4.69) is 24.1 Å². The number of halogens is 1. The van der Waals surface area contributed by atoms with Crippen LogP contribution in [0.5, 0.6) is 5.75 Å². The number of ether oxygens (including phenoxy) is 1. The third-order valence-electron chi connectivity index (χ3n) is 4.21. The Bertz CT molecular complexity index is 514. The Morgan fingerprint density at radius 3 is 2.48 bits per heavy atom. The molecule has 0 radical (unpaired) electrons. The average molecular weight is 351 g/mol. The van der Waals surface area contributed by atoms with Crippen molar-refractivity contribution < 1.29 is 13.9 Å². The van der Waals surface area contributed by atoms with E-state index >= 15 is 0 Å². The summed E-state index contributed by atoms with van der Waals surface area (Å²) in [4.78, 5) is 16.5. The van der Waals surface area contributed by atoms with E-state index in [4.69, 9.17) is 4.74 Å². The third kappa shape index (κ3) is 7.30. The first kappa shape index (κ1) is 19.5. The summed E-state index contributed by atoms with van der Waals surface area (Å²) in [6.45, 7) is 10.3. The molecule has 0 aromatic heterocycles. The van der Waals surface area contributed by atoms with Crippen LogP contribution < -0.4 is 10.1 Å². The summed E-state index contributed by atoms with van der Waals surface area (Å²) >= 11 is 0. The average Bonchev–Trinajstić information content (AvgIpc) is 2.59. The maximum Gasteiger partial charge on any atom is 0.317 e. The lowest BCUT2D eigenvalue weighted by Crippen LogP contribution is -2.52. The zero-order valence-electron chi connectivity index (χ0n) is 15.3. The molecule has 5 nitrogen and oxygen atoms in total. The minimum Gasteiger partial charge on any atom is -0.494 e. The van der Waals surface area contributed by atoms with Crippen LogP contribution in [0, 0.1) is 11.7 Å². The number of unbranched alkanes of at least 4 members (excludes halogenated alkanes) is 1. The molecule has 2 amide bonds. The van der Waals surface area contributed by atoms with E-state index in [0.717, 1.165) is 45.6 Å². The van der Waals surface area contributed by atoms with Gasteiger partial charge in [0.2, 0.25) is 0 Å². The van der Waals surface area contributed by atoms with E-state index < -0.39 is 0 Å². The fourth-order valence-electron chi connectivity index (χ4n) is 2.90. The van der Waals surface area contributed by atoms with Crippen LogP contribution in [0.1, 0.15) is 26.7 Å².